The maximum atomic E-state index is 14.2. The van der Waals surface area contributed by atoms with Gasteiger partial charge in [0.05, 0.1) is 30.5 Å². The highest BCUT2D eigenvalue weighted by molar-refractivity contribution is 7.07. The van der Waals surface area contributed by atoms with Crippen LogP contribution < -0.4 is 38.6 Å². The Hall–Kier alpha value is -5.28. The second kappa shape index (κ2) is 11.6. The third-order valence-corrected chi connectivity index (χ3v) is 9.61. The molecule has 230 valence electrons. The molecule has 0 saturated heterocycles. The van der Waals surface area contributed by atoms with Crippen LogP contribution in [0.25, 0.3) is 11.8 Å². The highest BCUT2D eigenvalue weighted by atomic mass is 32.1. The number of aromatic nitrogens is 1. The summed E-state index contributed by atoms with van der Waals surface area (Å²) in [5.41, 5.74) is 7.09. The van der Waals surface area contributed by atoms with Gasteiger partial charge in [-0.1, -0.05) is 53.8 Å². The molecule has 1 atom stereocenters. The summed E-state index contributed by atoms with van der Waals surface area (Å²) in [6, 6.07) is 27.3. The predicted octanol–water partition coefficient (Wildman–Crippen LogP) is 5.64. The summed E-state index contributed by atoms with van der Waals surface area (Å²) in [5.74, 6) is 3.61. The lowest BCUT2D eigenvalue weighted by Gasteiger charge is -2.31. The van der Waals surface area contributed by atoms with Crippen molar-refractivity contribution in [1.29, 1.82) is 0 Å². The molecule has 0 amide bonds. The Morgan fingerprint density at radius 3 is 2.59 bits per heavy atom. The van der Waals surface area contributed by atoms with Crippen LogP contribution >= 0.6 is 11.3 Å². The van der Waals surface area contributed by atoms with Gasteiger partial charge in [0.2, 0.25) is 6.79 Å². The molecule has 3 aliphatic rings. The van der Waals surface area contributed by atoms with Gasteiger partial charge in [0, 0.05) is 11.1 Å². The average molecular weight is 631 g/mol. The summed E-state index contributed by atoms with van der Waals surface area (Å²) < 4.78 is 30.7. The van der Waals surface area contributed by atoms with Crippen molar-refractivity contribution in [3.63, 3.8) is 0 Å². The molecule has 46 heavy (non-hydrogen) atoms. The summed E-state index contributed by atoms with van der Waals surface area (Å²) >= 11 is 1.40. The molecule has 0 spiro atoms. The van der Waals surface area contributed by atoms with Crippen molar-refractivity contribution >= 4 is 23.1 Å². The van der Waals surface area contributed by atoms with E-state index in [1.54, 1.807) is 14.2 Å². The number of aryl methyl sites for hydroxylation is 1. The fraction of sp³-hybridized carbons (Fsp3) is 0.189. The summed E-state index contributed by atoms with van der Waals surface area (Å²) in [6.45, 7) is 0.640. The molecule has 4 aromatic carbocycles. The molecule has 0 saturated carbocycles. The Labute approximate surface area is 269 Å². The highest BCUT2D eigenvalue weighted by Crippen LogP contribution is 2.44. The van der Waals surface area contributed by atoms with Gasteiger partial charge >= 0.3 is 0 Å². The van der Waals surface area contributed by atoms with Crippen LogP contribution in [0.3, 0.4) is 0 Å². The van der Waals surface area contributed by atoms with Gasteiger partial charge in [-0.2, -0.15) is 0 Å². The Morgan fingerprint density at radius 2 is 1.74 bits per heavy atom. The van der Waals surface area contributed by atoms with Gasteiger partial charge in [0.15, 0.2) is 16.3 Å². The minimum absolute atomic E-state index is 0.0906. The molecule has 1 aromatic heterocycles. The Kier molecular flexibility index (Phi) is 7.10. The minimum Gasteiger partial charge on any atom is -0.497 e. The first-order valence-corrected chi connectivity index (χ1v) is 15.9. The van der Waals surface area contributed by atoms with Crippen LogP contribution in [0.15, 0.2) is 100 Å². The van der Waals surface area contributed by atoms with Crippen LogP contribution in [0, 0.1) is 0 Å². The molecule has 0 N–H and O–H groups in total. The SMILES string of the molecule is COc1ccc(OC)c([C@H]2C3=C(N=c4s/c(=C/c5ccc(OCc6ccc7c(c6)OCO7)cc5)c(=O)n42)c2ccccc2CC3)c1. The van der Waals surface area contributed by atoms with E-state index in [0.29, 0.717) is 27.4 Å². The van der Waals surface area contributed by atoms with Crippen LogP contribution in [-0.4, -0.2) is 25.6 Å². The molecular weight excluding hydrogens is 600 g/mol. The zero-order chi connectivity index (χ0) is 31.2. The van der Waals surface area contributed by atoms with E-state index in [0.717, 1.165) is 63.6 Å². The van der Waals surface area contributed by atoms with E-state index >= 15 is 0 Å². The van der Waals surface area contributed by atoms with Crippen molar-refractivity contribution in [2.45, 2.75) is 25.5 Å². The van der Waals surface area contributed by atoms with Crippen LogP contribution in [-0.2, 0) is 13.0 Å². The first-order chi connectivity index (χ1) is 22.6. The fourth-order valence-corrected chi connectivity index (χ4v) is 7.36. The third-order valence-electron chi connectivity index (χ3n) is 8.62. The molecule has 5 aromatic rings. The molecule has 0 fully saturated rings. The zero-order valence-corrected chi connectivity index (χ0v) is 26.1. The Morgan fingerprint density at radius 1 is 0.913 bits per heavy atom. The van der Waals surface area contributed by atoms with Gasteiger partial charge in [-0.15, -0.1) is 0 Å². The number of nitrogens with zero attached hydrogens (tertiary/aromatic N) is 2. The van der Waals surface area contributed by atoms with Gasteiger partial charge in [-0.25, -0.2) is 4.99 Å². The Bertz CT molecular complexity index is 2200. The summed E-state index contributed by atoms with van der Waals surface area (Å²) in [4.78, 5) is 20.0. The molecule has 2 aliphatic heterocycles. The zero-order valence-electron chi connectivity index (χ0n) is 25.3. The lowest BCUT2D eigenvalue weighted by Crippen LogP contribution is -2.39. The standard InChI is InChI=1S/C37H30N2O6S/c1-41-26-13-16-30(42-2)29(19-26)35-28-14-10-24-5-3-4-6-27(24)34(28)38-37-39(35)36(40)33(46-37)18-22-7-11-25(12-8-22)43-20-23-9-15-31-32(17-23)45-21-44-31/h3-9,11-13,15-19,35H,10,14,20-21H2,1-2H3/b33-18+/t35-/m1/s1. The molecule has 8 nitrogen and oxygen atoms in total. The smallest absolute Gasteiger partial charge is 0.271 e. The average Bonchev–Trinajstić information content (AvgIpc) is 3.70. The summed E-state index contributed by atoms with van der Waals surface area (Å²) in [6.07, 6.45) is 3.58. The van der Waals surface area contributed by atoms with E-state index in [-0.39, 0.29) is 18.4 Å². The van der Waals surface area contributed by atoms with E-state index in [2.05, 4.69) is 18.2 Å². The Balaban J connectivity index is 1.17. The van der Waals surface area contributed by atoms with E-state index in [9.17, 15) is 4.79 Å². The van der Waals surface area contributed by atoms with Crippen LogP contribution in [0.1, 0.15) is 40.3 Å². The van der Waals surface area contributed by atoms with E-state index in [1.165, 1.54) is 16.9 Å². The van der Waals surface area contributed by atoms with Gasteiger partial charge in [0.25, 0.3) is 5.56 Å². The first kappa shape index (κ1) is 28.2. The fourth-order valence-electron chi connectivity index (χ4n) is 6.36. The van der Waals surface area contributed by atoms with E-state index < -0.39 is 0 Å². The maximum absolute atomic E-state index is 14.2. The van der Waals surface area contributed by atoms with Crippen LogP contribution in [0.5, 0.6) is 28.7 Å². The van der Waals surface area contributed by atoms with Crippen molar-refractivity contribution in [1.82, 2.24) is 4.57 Å². The molecule has 9 heteroatoms. The molecule has 0 bridgehead atoms. The summed E-state index contributed by atoms with van der Waals surface area (Å²) in [7, 11) is 3.30. The number of methoxy groups -OCH3 is 2. The lowest BCUT2D eigenvalue weighted by atomic mass is 9.83. The van der Waals surface area contributed by atoms with E-state index in [4.69, 9.17) is 28.7 Å². The van der Waals surface area contributed by atoms with Gasteiger partial charge in [-0.3, -0.25) is 9.36 Å². The minimum atomic E-state index is -0.376. The van der Waals surface area contributed by atoms with Gasteiger partial charge < -0.3 is 23.7 Å². The largest absolute Gasteiger partial charge is 0.497 e. The molecule has 1 aliphatic carbocycles. The molecule has 0 unspecified atom stereocenters. The predicted molar refractivity (Wildman–Crippen MR) is 176 cm³/mol. The topological polar surface area (TPSA) is 80.5 Å². The number of rotatable bonds is 7. The first-order valence-electron chi connectivity index (χ1n) is 15.1. The van der Waals surface area contributed by atoms with Crippen molar-refractivity contribution in [3.05, 3.63) is 138 Å². The highest BCUT2D eigenvalue weighted by Gasteiger charge is 2.34. The normalized spacial score (nSPS) is 16.3. The molecule has 0 radical (unpaired) electrons. The number of hydrogen-bond acceptors (Lipinski definition) is 8. The maximum Gasteiger partial charge on any atom is 0.271 e. The second-order valence-electron chi connectivity index (χ2n) is 11.3. The molecular formula is C37H30N2O6S. The monoisotopic (exact) mass is 630 g/mol. The van der Waals surface area contributed by atoms with Crippen molar-refractivity contribution in [3.8, 4) is 28.7 Å². The number of thiazole rings is 1. The molecule has 8 rings (SSSR count). The molecule has 3 heterocycles. The number of ether oxygens (including phenoxy) is 5. The lowest BCUT2D eigenvalue weighted by molar-refractivity contribution is 0.174. The quantitative estimate of drug-likeness (QED) is 0.232. The van der Waals surface area contributed by atoms with Crippen molar-refractivity contribution < 1.29 is 23.7 Å². The van der Waals surface area contributed by atoms with E-state index in [1.807, 2.05) is 77.4 Å². The summed E-state index contributed by atoms with van der Waals surface area (Å²) in [5, 5.41) is 0. The number of allylic oxidation sites excluding steroid dienone is 1. The van der Waals surface area contributed by atoms with Gasteiger partial charge in [-0.05, 0) is 83.6 Å². The van der Waals surface area contributed by atoms with Crippen LogP contribution in [0.2, 0.25) is 0 Å². The second-order valence-corrected chi connectivity index (χ2v) is 12.3. The van der Waals surface area contributed by atoms with Gasteiger partial charge in [0.1, 0.15) is 23.9 Å². The van der Waals surface area contributed by atoms with Crippen molar-refractivity contribution in [2.24, 2.45) is 4.99 Å². The number of benzene rings is 4. The number of hydrogen-bond donors (Lipinski definition) is 0. The third kappa shape index (κ3) is 4.93. The van der Waals surface area contributed by atoms with Crippen molar-refractivity contribution in [2.75, 3.05) is 21.0 Å². The van der Waals surface area contributed by atoms with Crippen LogP contribution in [0.4, 0.5) is 0 Å². The number of fused-ring (bicyclic) bond motifs is 4.